The molecule has 0 bridgehead atoms. The van der Waals surface area contributed by atoms with Crippen molar-refractivity contribution in [3.05, 3.63) is 56.9 Å². The zero-order valence-corrected chi connectivity index (χ0v) is 10.1. The third kappa shape index (κ3) is 1.52. The number of hydrogen-bond acceptors (Lipinski definition) is 1. The highest BCUT2D eigenvalue weighted by atomic mass is 16.1. The maximum absolute atomic E-state index is 12.1. The molecule has 0 amide bonds. The molecule has 1 N–H and O–H groups in total. The Hall–Kier alpha value is -1.83. The molecule has 0 saturated heterocycles. The summed E-state index contributed by atoms with van der Waals surface area (Å²) in [5.41, 5.74) is 5.92. The highest BCUT2D eigenvalue weighted by Crippen LogP contribution is 2.28. The molecule has 0 fully saturated rings. The molecule has 1 aliphatic carbocycles. The summed E-state index contributed by atoms with van der Waals surface area (Å²) in [5, 5.41) is 1.19. The number of aromatic nitrogens is 1. The van der Waals surface area contributed by atoms with E-state index in [2.05, 4.69) is 24.9 Å². The minimum Gasteiger partial charge on any atom is -0.322 e. The van der Waals surface area contributed by atoms with Crippen LogP contribution in [0.5, 0.6) is 0 Å². The molecular weight excluding hydrogens is 210 g/mol. The Kier molecular flexibility index (Phi) is 2.18. The number of fused-ring (bicyclic) bond motifs is 3. The van der Waals surface area contributed by atoms with Crippen molar-refractivity contribution in [1.82, 2.24) is 4.98 Å². The van der Waals surface area contributed by atoms with Crippen molar-refractivity contribution >= 4 is 10.9 Å². The molecule has 0 atom stereocenters. The van der Waals surface area contributed by atoms with Crippen molar-refractivity contribution in [1.29, 1.82) is 0 Å². The van der Waals surface area contributed by atoms with Gasteiger partial charge in [0.15, 0.2) is 0 Å². The summed E-state index contributed by atoms with van der Waals surface area (Å²) in [6.45, 7) is 4.28. The van der Waals surface area contributed by atoms with Crippen molar-refractivity contribution in [2.45, 2.75) is 26.7 Å². The van der Waals surface area contributed by atoms with Gasteiger partial charge in [0.2, 0.25) is 0 Å². The van der Waals surface area contributed by atoms with Gasteiger partial charge in [0.25, 0.3) is 5.56 Å². The van der Waals surface area contributed by atoms with E-state index in [1.54, 1.807) is 0 Å². The quantitative estimate of drug-likeness (QED) is 0.687. The first-order valence-corrected chi connectivity index (χ1v) is 5.95. The highest BCUT2D eigenvalue weighted by molar-refractivity contribution is 5.83. The summed E-state index contributed by atoms with van der Waals surface area (Å²) in [7, 11) is 0. The van der Waals surface area contributed by atoms with Gasteiger partial charge in [-0.3, -0.25) is 4.79 Å². The number of pyridine rings is 1. The zero-order chi connectivity index (χ0) is 12.0. The molecule has 0 saturated carbocycles. The van der Waals surface area contributed by atoms with Crippen LogP contribution >= 0.6 is 0 Å². The lowest BCUT2D eigenvalue weighted by Gasteiger charge is -2.19. The monoisotopic (exact) mass is 225 g/mol. The van der Waals surface area contributed by atoms with Crippen LogP contribution in [-0.4, -0.2) is 4.98 Å². The second-order valence-corrected chi connectivity index (χ2v) is 4.87. The average Bonchev–Trinajstić information content (AvgIpc) is 2.32. The summed E-state index contributed by atoms with van der Waals surface area (Å²) < 4.78 is 0. The fourth-order valence-electron chi connectivity index (χ4n) is 2.57. The van der Waals surface area contributed by atoms with Gasteiger partial charge >= 0.3 is 0 Å². The van der Waals surface area contributed by atoms with Crippen LogP contribution in [0.25, 0.3) is 10.9 Å². The lowest BCUT2D eigenvalue weighted by Crippen LogP contribution is -2.20. The van der Waals surface area contributed by atoms with Crippen LogP contribution in [0.4, 0.5) is 0 Å². The Morgan fingerprint density at radius 1 is 1.00 bits per heavy atom. The molecule has 0 unspecified atom stereocenters. The van der Waals surface area contributed by atoms with Crippen LogP contribution in [0, 0.1) is 0 Å². The van der Waals surface area contributed by atoms with Crippen molar-refractivity contribution in [3.8, 4) is 0 Å². The summed E-state index contributed by atoms with van der Waals surface area (Å²) in [6, 6.07) is 8.05. The third-order valence-corrected chi connectivity index (χ3v) is 3.75. The van der Waals surface area contributed by atoms with Gasteiger partial charge in [-0.1, -0.05) is 29.3 Å². The zero-order valence-electron chi connectivity index (χ0n) is 10.1. The standard InChI is InChI=1S/C15H15NO/c1-9-7-12-11-5-3-4-6-14(11)16-15(17)13(12)8-10(9)2/h3-6H,7-8H2,1-2H3,(H,16,17). The fourth-order valence-corrected chi connectivity index (χ4v) is 2.57. The van der Waals surface area contributed by atoms with E-state index in [1.807, 2.05) is 18.2 Å². The SMILES string of the molecule is CC1=C(C)Cc2c(c(=O)[nH]c3ccccc23)C1. The molecule has 86 valence electrons. The van der Waals surface area contributed by atoms with Crippen LogP contribution in [0.2, 0.25) is 0 Å². The number of para-hydroxylation sites is 1. The first-order valence-electron chi connectivity index (χ1n) is 5.95. The molecule has 2 heteroatoms. The van der Waals surface area contributed by atoms with E-state index in [0.717, 1.165) is 23.9 Å². The lowest BCUT2D eigenvalue weighted by molar-refractivity contribution is 0.937. The van der Waals surface area contributed by atoms with E-state index in [-0.39, 0.29) is 5.56 Å². The number of H-pyrrole nitrogens is 1. The van der Waals surface area contributed by atoms with E-state index in [9.17, 15) is 4.79 Å². The van der Waals surface area contributed by atoms with Crippen LogP contribution < -0.4 is 5.56 Å². The van der Waals surface area contributed by atoms with Crippen molar-refractivity contribution in [2.24, 2.45) is 0 Å². The summed E-state index contributed by atoms with van der Waals surface area (Å²) >= 11 is 0. The Morgan fingerprint density at radius 2 is 1.65 bits per heavy atom. The Labute approximate surface area is 100.0 Å². The first-order chi connectivity index (χ1) is 8.16. The van der Waals surface area contributed by atoms with Gasteiger partial charge < -0.3 is 4.98 Å². The lowest BCUT2D eigenvalue weighted by atomic mass is 9.86. The Balaban J connectivity index is 2.38. The molecule has 0 radical (unpaired) electrons. The van der Waals surface area contributed by atoms with Crippen molar-refractivity contribution in [3.63, 3.8) is 0 Å². The van der Waals surface area contributed by atoms with Crippen LogP contribution in [-0.2, 0) is 12.8 Å². The molecule has 1 heterocycles. The number of benzene rings is 1. The van der Waals surface area contributed by atoms with E-state index in [0.29, 0.717) is 0 Å². The van der Waals surface area contributed by atoms with Crippen molar-refractivity contribution < 1.29 is 0 Å². The minimum atomic E-state index is 0.0746. The molecule has 17 heavy (non-hydrogen) atoms. The van der Waals surface area contributed by atoms with Gasteiger partial charge in [-0.2, -0.15) is 0 Å². The molecule has 2 nitrogen and oxygen atoms in total. The minimum absolute atomic E-state index is 0.0746. The molecule has 2 aromatic rings. The fraction of sp³-hybridized carbons (Fsp3) is 0.267. The topological polar surface area (TPSA) is 32.9 Å². The molecular formula is C15H15NO. The second kappa shape index (κ2) is 3.59. The van der Waals surface area contributed by atoms with Gasteiger partial charge in [0.05, 0.1) is 0 Å². The summed E-state index contributed by atoms with van der Waals surface area (Å²) in [4.78, 5) is 15.0. The predicted molar refractivity (Wildman–Crippen MR) is 70.4 cm³/mol. The van der Waals surface area contributed by atoms with Gasteiger partial charge in [-0.15, -0.1) is 0 Å². The van der Waals surface area contributed by atoms with Crippen LogP contribution in [0.3, 0.4) is 0 Å². The van der Waals surface area contributed by atoms with Crippen LogP contribution in [0.15, 0.2) is 40.2 Å². The smallest absolute Gasteiger partial charge is 0.252 e. The van der Waals surface area contributed by atoms with E-state index < -0.39 is 0 Å². The van der Waals surface area contributed by atoms with Gasteiger partial charge in [0, 0.05) is 16.5 Å². The van der Waals surface area contributed by atoms with Gasteiger partial charge in [-0.25, -0.2) is 0 Å². The normalized spacial score (nSPS) is 15.2. The molecule has 3 rings (SSSR count). The maximum Gasteiger partial charge on any atom is 0.252 e. The molecule has 1 aromatic heterocycles. The molecule has 0 spiro atoms. The maximum atomic E-state index is 12.1. The third-order valence-electron chi connectivity index (χ3n) is 3.75. The van der Waals surface area contributed by atoms with Crippen molar-refractivity contribution in [2.75, 3.05) is 0 Å². The van der Waals surface area contributed by atoms with Gasteiger partial charge in [-0.05, 0) is 38.3 Å². The highest BCUT2D eigenvalue weighted by Gasteiger charge is 2.18. The van der Waals surface area contributed by atoms with E-state index >= 15 is 0 Å². The number of aromatic amines is 1. The average molecular weight is 225 g/mol. The van der Waals surface area contributed by atoms with E-state index in [1.165, 1.54) is 22.1 Å². The second-order valence-electron chi connectivity index (χ2n) is 4.87. The molecule has 1 aromatic carbocycles. The number of hydrogen-bond donors (Lipinski definition) is 1. The summed E-state index contributed by atoms with van der Waals surface area (Å²) in [6.07, 6.45) is 1.70. The van der Waals surface area contributed by atoms with E-state index in [4.69, 9.17) is 0 Å². The predicted octanol–water partition coefficient (Wildman–Crippen LogP) is 2.96. The summed E-state index contributed by atoms with van der Waals surface area (Å²) in [5.74, 6) is 0. The Bertz CT molecular complexity index is 692. The van der Waals surface area contributed by atoms with Crippen LogP contribution in [0.1, 0.15) is 25.0 Å². The largest absolute Gasteiger partial charge is 0.322 e. The number of allylic oxidation sites excluding steroid dienone is 2. The van der Waals surface area contributed by atoms with Gasteiger partial charge in [0.1, 0.15) is 0 Å². The first kappa shape index (κ1) is 10.3. The number of rotatable bonds is 0. The number of nitrogens with one attached hydrogen (secondary N) is 1. The molecule has 0 aliphatic heterocycles. The molecule has 1 aliphatic rings. The Morgan fingerprint density at radius 3 is 2.41 bits per heavy atom.